The number of hydrogen-bond acceptors (Lipinski definition) is 3. The summed E-state index contributed by atoms with van der Waals surface area (Å²) >= 11 is 0. The standard InChI is InChI=1S/C20H26N2O2.ClH/c23-19(15-5-6-15)16-7-9-17(10-8-16)20(24)22-13-3-4-18(22)14-21-11-1-2-12-21;/h7-10,15,18H,1-6,11-14H2;1H/t18-;/m0./s1. The molecule has 2 aliphatic heterocycles. The van der Waals surface area contributed by atoms with Crippen molar-refractivity contribution >= 4 is 24.1 Å². The monoisotopic (exact) mass is 362 g/mol. The van der Waals surface area contributed by atoms with E-state index in [1.54, 1.807) is 0 Å². The molecule has 0 N–H and O–H groups in total. The molecule has 3 aliphatic rings. The molecule has 4 nitrogen and oxygen atoms in total. The van der Waals surface area contributed by atoms with E-state index in [0.717, 1.165) is 49.9 Å². The van der Waals surface area contributed by atoms with Gasteiger partial charge in [-0.3, -0.25) is 9.59 Å². The highest BCUT2D eigenvalue weighted by Crippen LogP contribution is 2.32. The highest BCUT2D eigenvalue weighted by atomic mass is 35.5. The van der Waals surface area contributed by atoms with Crippen LogP contribution in [0.4, 0.5) is 0 Å². The molecular weight excluding hydrogens is 336 g/mol. The maximum atomic E-state index is 12.9. The fourth-order valence-corrected chi connectivity index (χ4v) is 4.08. The molecular formula is C20H27ClN2O2. The van der Waals surface area contributed by atoms with Gasteiger partial charge in [-0.25, -0.2) is 0 Å². The second-order valence-electron chi connectivity index (χ2n) is 7.52. The predicted molar refractivity (Wildman–Crippen MR) is 100 cm³/mol. The first-order valence-electron chi connectivity index (χ1n) is 9.40. The van der Waals surface area contributed by atoms with Gasteiger partial charge in [-0.2, -0.15) is 0 Å². The van der Waals surface area contributed by atoms with E-state index in [9.17, 15) is 9.59 Å². The van der Waals surface area contributed by atoms with Gasteiger partial charge < -0.3 is 9.80 Å². The Bertz CT molecular complexity index is 621. The second kappa shape index (κ2) is 7.88. The lowest BCUT2D eigenvalue weighted by molar-refractivity contribution is 0.0708. The third-order valence-electron chi connectivity index (χ3n) is 5.67. The Morgan fingerprint density at radius 3 is 2.16 bits per heavy atom. The van der Waals surface area contributed by atoms with Crippen LogP contribution < -0.4 is 0 Å². The van der Waals surface area contributed by atoms with Crippen molar-refractivity contribution in [2.75, 3.05) is 26.2 Å². The van der Waals surface area contributed by atoms with Gasteiger partial charge in [0.25, 0.3) is 5.91 Å². The molecule has 0 radical (unpaired) electrons. The molecule has 136 valence electrons. The van der Waals surface area contributed by atoms with Gasteiger partial charge >= 0.3 is 0 Å². The Morgan fingerprint density at radius 2 is 1.52 bits per heavy atom. The molecule has 1 aromatic rings. The number of likely N-dealkylation sites (tertiary alicyclic amines) is 2. The third kappa shape index (κ3) is 4.06. The highest BCUT2D eigenvalue weighted by molar-refractivity contribution is 6.01. The zero-order valence-electron chi connectivity index (χ0n) is 14.7. The zero-order valence-corrected chi connectivity index (χ0v) is 15.5. The number of carbonyl (C=O) groups is 2. The Hall–Kier alpha value is -1.39. The van der Waals surface area contributed by atoms with Gasteiger partial charge in [0.15, 0.2) is 5.78 Å². The molecule has 3 fully saturated rings. The largest absolute Gasteiger partial charge is 0.334 e. The number of ketones is 1. The lowest BCUT2D eigenvalue weighted by Gasteiger charge is -2.28. The number of halogens is 1. The number of Topliss-reactive ketones (excluding diaryl/α,β-unsaturated/α-hetero) is 1. The van der Waals surface area contributed by atoms with Crippen molar-refractivity contribution in [1.29, 1.82) is 0 Å². The van der Waals surface area contributed by atoms with E-state index in [1.807, 2.05) is 24.3 Å². The van der Waals surface area contributed by atoms with Crippen molar-refractivity contribution in [1.82, 2.24) is 9.80 Å². The minimum Gasteiger partial charge on any atom is -0.334 e. The second-order valence-corrected chi connectivity index (χ2v) is 7.52. The van der Waals surface area contributed by atoms with Crippen LogP contribution in [0.15, 0.2) is 24.3 Å². The molecule has 0 spiro atoms. The van der Waals surface area contributed by atoms with Gasteiger partial charge in [0.1, 0.15) is 0 Å². The van der Waals surface area contributed by atoms with Gasteiger partial charge in [-0.1, -0.05) is 12.1 Å². The van der Waals surface area contributed by atoms with E-state index in [-0.39, 0.29) is 30.0 Å². The van der Waals surface area contributed by atoms with E-state index in [0.29, 0.717) is 6.04 Å². The van der Waals surface area contributed by atoms with Crippen LogP contribution in [0.25, 0.3) is 0 Å². The van der Waals surface area contributed by atoms with Crippen molar-refractivity contribution in [2.45, 2.75) is 44.6 Å². The molecule has 1 amide bonds. The quantitative estimate of drug-likeness (QED) is 0.754. The van der Waals surface area contributed by atoms with E-state index >= 15 is 0 Å². The van der Waals surface area contributed by atoms with E-state index in [4.69, 9.17) is 0 Å². The summed E-state index contributed by atoms with van der Waals surface area (Å²) in [5.74, 6) is 0.596. The molecule has 1 saturated carbocycles. The number of rotatable bonds is 5. The van der Waals surface area contributed by atoms with Crippen LogP contribution in [0.5, 0.6) is 0 Å². The topological polar surface area (TPSA) is 40.6 Å². The first kappa shape index (κ1) is 18.4. The molecule has 0 bridgehead atoms. The van der Waals surface area contributed by atoms with Gasteiger partial charge in [0.2, 0.25) is 0 Å². The van der Waals surface area contributed by atoms with Crippen LogP contribution >= 0.6 is 12.4 Å². The smallest absolute Gasteiger partial charge is 0.254 e. The van der Waals surface area contributed by atoms with Gasteiger partial charge in [-0.05, 0) is 63.7 Å². The molecule has 1 aliphatic carbocycles. The molecule has 2 saturated heterocycles. The zero-order chi connectivity index (χ0) is 16.5. The first-order valence-corrected chi connectivity index (χ1v) is 9.40. The van der Waals surface area contributed by atoms with Gasteiger partial charge in [0.05, 0.1) is 0 Å². The Morgan fingerprint density at radius 1 is 0.880 bits per heavy atom. The Balaban J connectivity index is 0.00000182. The average Bonchev–Trinajstić information content (AvgIpc) is 3.14. The number of amides is 1. The van der Waals surface area contributed by atoms with E-state index in [1.165, 1.54) is 25.9 Å². The summed E-state index contributed by atoms with van der Waals surface area (Å²) in [4.78, 5) is 29.5. The number of benzene rings is 1. The third-order valence-corrected chi connectivity index (χ3v) is 5.67. The summed E-state index contributed by atoms with van der Waals surface area (Å²) in [6.45, 7) is 4.23. The molecule has 2 heterocycles. The number of hydrogen-bond donors (Lipinski definition) is 0. The maximum Gasteiger partial charge on any atom is 0.254 e. The summed E-state index contributed by atoms with van der Waals surface area (Å²) in [7, 11) is 0. The van der Waals surface area contributed by atoms with Crippen molar-refractivity contribution in [3.8, 4) is 0 Å². The first-order chi connectivity index (χ1) is 11.7. The number of nitrogens with zero attached hydrogens (tertiary/aromatic N) is 2. The van der Waals surface area contributed by atoms with Crippen molar-refractivity contribution in [3.63, 3.8) is 0 Å². The van der Waals surface area contributed by atoms with Crippen molar-refractivity contribution < 1.29 is 9.59 Å². The summed E-state index contributed by atoms with van der Waals surface area (Å²) < 4.78 is 0. The molecule has 5 heteroatoms. The van der Waals surface area contributed by atoms with Crippen LogP contribution in [-0.4, -0.2) is 53.7 Å². The fourth-order valence-electron chi connectivity index (χ4n) is 4.08. The summed E-state index contributed by atoms with van der Waals surface area (Å²) in [6, 6.07) is 7.69. The highest BCUT2D eigenvalue weighted by Gasteiger charge is 2.32. The predicted octanol–water partition coefficient (Wildman–Crippen LogP) is 3.40. The normalized spacial score (nSPS) is 23.5. The Kier molecular flexibility index (Phi) is 5.80. The van der Waals surface area contributed by atoms with Crippen LogP contribution in [-0.2, 0) is 0 Å². The van der Waals surface area contributed by atoms with Gasteiger partial charge in [0, 0.05) is 36.2 Å². The van der Waals surface area contributed by atoms with Crippen LogP contribution in [0.1, 0.15) is 59.2 Å². The fraction of sp³-hybridized carbons (Fsp3) is 0.600. The molecule has 4 rings (SSSR count). The van der Waals surface area contributed by atoms with Gasteiger partial charge in [-0.15, -0.1) is 12.4 Å². The van der Waals surface area contributed by atoms with Crippen molar-refractivity contribution in [3.05, 3.63) is 35.4 Å². The summed E-state index contributed by atoms with van der Waals surface area (Å²) in [6.07, 6.45) is 6.83. The van der Waals surface area contributed by atoms with Crippen LogP contribution in [0.3, 0.4) is 0 Å². The maximum absolute atomic E-state index is 12.9. The lowest BCUT2D eigenvalue weighted by Crippen LogP contribution is -2.42. The van der Waals surface area contributed by atoms with E-state index in [2.05, 4.69) is 9.80 Å². The van der Waals surface area contributed by atoms with E-state index < -0.39 is 0 Å². The lowest BCUT2D eigenvalue weighted by atomic mass is 10.0. The number of carbonyl (C=O) groups excluding carboxylic acids is 2. The molecule has 0 unspecified atom stereocenters. The van der Waals surface area contributed by atoms with Crippen LogP contribution in [0.2, 0.25) is 0 Å². The summed E-state index contributed by atoms with van der Waals surface area (Å²) in [5, 5.41) is 0. The van der Waals surface area contributed by atoms with Crippen molar-refractivity contribution in [2.24, 2.45) is 5.92 Å². The Labute approximate surface area is 156 Å². The molecule has 0 aromatic heterocycles. The average molecular weight is 363 g/mol. The van der Waals surface area contributed by atoms with Crippen LogP contribution in [0, 0.1) is 5.92 Å². The SMILES string of the molecule is Cl.O=C(c1ccc(C(=O)N2CCC[C@H]2CN2CCCC2)cc1)C1CC1. The summed E-state index contributed by atoms with van der Waals surface area (Å²) in [5.41, 5.74) is 1.47. The molecule has 1 aromatic carbocycles. The molecule has 25 heavy (non-hydrogen) atoms. The molecule has 1 atom stereocenters. The minimum absolute atomic E-state index is 0. The minimum atomic E-state index is 0.